The van der Waals surface area contributed by atoms with Crippen LogP contribution in [0.1, 0.15) is 25.3 Å². The van der Waals surface area contributed by atoms with Crippen molar-refractivity contribution in [1.82, 2.24) is 14.5 Å². The Kier molecular flexibility index (Phi) is 7.14. The summed E-state index contributed by atoms with van der Waals surface area (Å²) < 4.78 is 20.8. The van der Waals surface area contributed by atoms with Crippen molar-refractivity contribution in [2.75, 3.05) is 25.4 Å². The molecule has 174 valence electrons. The van der Waals surface area contributed by atoms with Crippen LogP contribution in [-0.2, 0) is 14.3 Å². The van der Waals surface area contributed by atoms with Gasteiger partial charge in [0, 0.05) is 13.1 Å². The molecule has 0 unspecified atom stereocenters. The summed E-state index contributed by atoms with van der Waals surface area (Å²) in [4.78, 5) is 44.3. The van der Waals surface area contributed by atoms with Gasteiger partial charge in [-0.3, -0.25) is 19.0 Å². The molecule has 3 heterocycles. The molecule has 0 spiro atoms. The molecule has 33 heavy (non-hydrogen) atoms. The fourth-order valence-corrected chi connectivity index (χ4v) is 5.50. The maximum atomic E-state index is 13.8. The second kappa shape index (κ2) is 10.0. The van der Waals surface area contributed by atoms with Crippen LogP contribution in [0.4, 0.5) is 4.39 Å². The third-order valence-electron chi connectivity index (χ3n) is 5.64. The second-order valence-corrected chi connectivity index (χ2v) is 9.66. The Hall–Kier alpha value is -2.72. The molecule has 3 aromatic rings. The number of nitrogens with zero attached hydrogens (tertiary/aromatic N) is 3. The smallest absolute Gasteiger partial charge is 0.309 e. The number of carbonyl (C=O) groups excluding carboxylic acids is 2. The molecule has 0 N–H and O–H groups in total. The van der Waals surface area contributed by atoms with Crippen molar-refractivity contribution in [2.24, 2.45) is 5.92 Å². The van der Waals surface area contributed by atoms with Gasteiger partial charge in [0.15, 0.2) is 5.16 Å². The first-order chi connectivity index (χ1) is 15.9. The van der Waals surface area contributed by atoms with Crippen LogP contribution in [0.5, 0.6) is 0 Å². The van der Waals surface area contributed by atoms with E-state index in [4.69, 9.17) is 4.74 Å². The highest BCUT2D eigenvalue weighted by Crippen LogP contribution is 2.26. The van der Waals surface area contributed by atoms with Crippen molar-refractivity contribution in [1.29, 1.82) is 0 Å². The zero-order valence-electron chi connectivity index (χ0n) is 18.4. The van der Waals surface area contributed by atoms with Gasteiger partial charge in [0.25, 0.3) is 5.56 Å². The number of carbonyl (C=O) groups is 2. The van der Waals surface area contributed by atoms with Gasteiger partial charge in [0.05, 0.1) is 29.5 Å². The van der Waals surface area contributed by atoms with Crippen LogP contribution in [-0.4, -0.2) is 51.8 Å². The topological polar surface area (TPSA) is 81.5 Å². The number of thioether (sulfide) groups is 1. The number of aryl methyl sites for hydroxylation is 1. The van der Waals surface area contributed by atoms with Crippen LogP contribution >= 0.6 is 23.1 Å². The number of halogens is 1. The predicted octanol–water partition coefficient (Wildman–Crippen LogP) is 3.79. The largest absolute Gasteiger partial charge is 0.466 e. The van der Waals surface area contributed by atoms with Gasteiger partial charge >= 0.3 is 5.97 Å². The predicted molar refractivity (Wildman–Crippen MR) is 127 cm³/mol. The maximum absolute atomic E-state index is 13.8. The zero-order chi connectivity index (χ0) is 23.5. The molecule has 1 amide bonds. The quantitative estimate of drug-likeness (QED) is 0.298. The summed E-state index contributed by atoms with van der Waals surface area (Å²) in [6, 6.07) is 6.23. The highest BCUT2D eigenvalue weighted by molar-refractivity contribution is 7.99. The lowest BCUT2D eigenvalue weighted by molar-refractivity contribution is -0.151. The van der Waals surface area contributed by atoms with Crippen LogP contribution in [0.3, 0.4) is 0 Å². The maximum Gasteiger partial charge on any atom is 0.309 e. The molecule has 10 heteroatoms. The van der Waals surface area contributed by atoms with E-state index in [1.165, 1.54) is 39.8 Å². The van der Waals surface area contributed by atoms with E-state index in [0.29, 0.717) is 59.2 Å². The minimum absolute atomic E-state index is 0.0798. The molecule has 0 atom stereocenters. The number of ether oxygens (including phenoxy) is 1. The fraction of sp³-hybridized carbons (Fsp3) is 0.391. The third kappa shape index (κ3) is 4.96. The van der Waals surface area contributed by atoms with Crippen molar-refractivity contribution in [3.05, 3.63) is 51.4 Å². The summed E-state index contributed by atoms with van der Waals surface area (Å²) in [5.74, 6) is -0.704. The molecule has 1 fully saturated rings. The molecule has 7 nitrogen and oxygen atoms in total. The molecular formula is C23H24FN3O4S2. The van der Waals surface area contributed by atoms with Crippen molar-refractivity contribution in [3.8, 4) is 5.69 Å². The Balaban J connectivity index is 1.53. The van der Waals surface area contributed by atoms with E-state index in [0.717, 1.165) is 0 Å². The molecule has 1 saturated heterocycles. The Bertz CT molecular complexity index is 1250. The van der Waals surface area contributed by atoms with E-state index in [-0.39, 0.29) is 34.9 Å². The van der Waals surface area contributed by atoms with E-state index in [2.05, 4.69) is 4.98 Å². The van der Waals surface area contributed by atoms with E-state index in [1.54, 1.807) is 36.3 Å². The van der Waals surface area contributed by atoms with Gasteiger partial charge in [0.1, 0.15) is 10.5 Å². The second-order valence-electron chi connectivity index (χ2n) is 7.80. The molecule has 1 aromatic carbocycles. The van der Waals surface area contributed by atoms with E-state index >= 15 is 0 Å². The van der Waals surface area contributed by atoms with Crippen LogP contribution in [0.2, 0.25) is 0 Å². The highest BCUT2D eigenvalue weighted by atomic mass is 32.2. The Labute approximate surface area is 198 Å². The van der Waals surface area contributed by atoms with Gasteiger partial charge in [-0.2, -0.15) is 0 Å². The Morgan fingerprint density at radius 3 is 2.73 bits per heavy atom. The monoisotopic (exact) mass is 489 g/mol. The first-order valence-electron chi connectivity index (χ1n) is 10.7. The SMILES string of the molecule is CCOC(=O)C1CCN(C(=O)CSc2nc3ccsc3c(=O)n2-c2ccc(F)c(C)c2)CC1. The average Bonchev–Trinajstić information content (AvgIpc) is 3.29. The first kappa shape index (κ1) is 23.4. The summed E-state index contributed by atoms with van der Waals surface area (Å²) in [6.45, 7) is 4.75. The molecule has 0 bridgehead atoms. The number of fused-ring (bicyclic) bond motifs is 1. The lowest BCUT2D eigenvalue weighted by Gasteiger charge is -2.30. The molecule has 1 aliphatic heterocycles. The molecule has 2 aromatic heterocycles. The molecule has 0 saturated carbocycles. The average molecular weight is 490 g/mol. The van der Waals surface area contributed by atoms with Crippen molar-refractivity contribution in [3.63, 3.8) is 0 Å². The summed E-state index contributed by atoms with van der Waals surface area (Å²) >= 11 is 2.48. The number of thiophene rings is 1. The minimum Gasteiger partial charge on any atom is -0.466 e. The Morgan fingerprint density at radius 1 is 1.27 bits per heavy atom. The third-order valence-corrected chi connectivity index (χ3v) is 7.46. The molecule has 0 radical (unpaired) electrons. The normalized spacial score (nSPS) is 14.6. The summed E-state index contributed by atoms with van der Waals surface area (Å²) in [5, 5.41) is 2.18. The van der Waals surface area contributed by atoms with Gasteiger partial charge < -0.3 is 9.64 Å². The van der Waals surface area contributed by atoms with Crippen LogP contribution in [0, 0.1) is 18.7 Å². The van der Waals surface area contributed by atoms with Crippen molar-refractivity contribution >= 4 is 45.2 Å². The van der Waals surface area contributed by atoms with E-state index < -0.39 is 0 Å². The first-order valence-corrected chi connectivity index (χ1v) is 12.6. The van der Waals surface area contributed by atoms with Gasteiger partial charge in [-0.15, -0.1) is 11.3 Å². The molecule has 1 aliphatic rings. The van der Waals surface area contributed by atoms with Crippen molar-refractivity contribution < 1.29 is 18.7 Å². The highest BCUT2D eigenvalue weighted by Gasteiger charge is 2.28. The van der Waals surface area contributed by atoms with Crippen LogP contribution in [0.25, 0.3) is 15.9 Å². The minimum atomic E-state index is -0.354. The lowest BCUT2D eigenvalue weighted by Crippen LogP contribution is -2.41. The summed E-state index contributed by atoms with van der Waals surface area (Å²) in [7, 11) is 0. The Morgan fingerprint density at radius 2 is 2.03 bits per heavy atom. The molecular weight excluding hydrogens is 465 g/mol. The molecule has 0 aliphatic carbocycles. The fourth-order valence-electron chi connectivity index (χ4n) is 3.83. The zero-order valence-corrected chi connectivity index (χ0v) is 20.0. The van der Waals surface area contributed by atoms with Crippen LogP contribution < -0.4 is 5.56 Å². The van der Waals surface area contributed by atoms with Gasteiger partial charge in [-0.05, 0) is 61.9 Å². The molecule has 4 rings (SSSR count). The number of aromatic nitrogens is 2. The van der Waals surface area contributed by atoms with E-state index in [1.807, 2.05) is 0 Å². The lowest BCUT2D eigenvalue weighted by atomic mass is 9.97. The summed E-state index contributed by atoms with van der Waals surface area (Å²) in [6.07, 6.45) is 1.15. The summed E-state index contributed by atoms with van der Waals surface area (Å²) in [5.41, 5.74) is 1.26. The van der Waals surface area contributed by atoms with Crippen molar-refractivity contribution in [2.45, 2.75) is 31.8 Å². The number of hydrogen-bond donors (Lipinski definition) is 0. The number of benzene rings is 1. The van der Waals surface area contributed by atoms with E-state index in [9.17, 15) is 18.8 Å². The number of likely N-dealkylation sites (tertiary alicyclic amines) is 1. The standard InChI is InChI=1S/C23H24FN3O4S2/c1-3-31-22(30)15-6-9-26(10-7-15)19(28)13-33-23-25-18-8-11-32-20(18)21(29)27(23)16-4-5-17(24)14(2)12-16/h4-5,8,11-12,15H,3,6-7,9-10,13H2,1-2H3. The number of amides is 1. The number of rotatable bonds is 6. The van der Waals surface area contributed by atoms with Gasteiger partial charge in [-0.1, -0.05) is 11.8 Å². The number of esters is 1. The van der Waals surface area contributed by atoms with Crippen LogP contribution in [0.15, 0.2) is 39.6 Å². The van der Waals surface area contributed by atoms with Gasteiger partial charge in [0.2, 0.25) is 5.91 Å². The number of piperidine rings is 1. The van der Waals surface area contributed by atoms with Gasteiger partial charge in [-0.25, -0.2) is 9.37 Å². The number of hydrogen-bond acceptors (Lipinski definition) is 7.